The SMILES string of the molecule is CCNS(=O)(=O)N1CCN(C)C(c2ccccc2)C1. The maximum absolute atomic E-state index is 12.1. The smallest absolute Gasteiger partial charge is 0.279 e. The highest BCUT2D eigenvalue weighted by atomic mass is 32.2. The first-order valence-electron chi connectivity index (χ1n) is 6.54. The molecular weight excluding hydrogens is 262 g/mol. The maximum atomic E-state index is 12.1. The van der Waals surface area contributed by atoms with Gasteiger partial charge in [-0.2, -0.15) is 12.7 Å². The fraction of sp³-hybridized carbons (Fsp3) is 0.538. The van der Waals surface area contributed by atoms with Crippen molar-refractivity contribution in [3.05, 3.63) is 35.9 Å². The van der Waals surface area contributed by atoms with E-state index in [0.29, 0.717) is 19.6 Å². The minimum Gasteiger partial charge on any atom is -0.297 e. The van der Waals surface area contributed by atoms with Gasteiger partial charge < -0.3 is 0 Å². The molecule has 0 amide bonds. The lowest BCUT2D eigenvalue weighted by molar-refractivity contribution is 0.147. The summed E-state index contributed by atoms with van der Waals surface area (Å²) in [5.74, 6) is 0. The molecule has 5 nitrogen and oxygen atoms in total. The Balaban J connectivity index is 2.17. The summed E-state index contributed by atoms with van der Waals surface area (Å²) >= 11 is 0. The van der Waals surface area contributed by atoms with Gasteiger partial charge in [0.1, 0.15) is 0 Å². The van der Waals surface area contributed by atoms with Crippen LogP contribution in [-0.2, 0) is 10.2 Å². The molecule has 0 aromatic heterocycles. The van der Waals surface area contributed by atoms with E-state index in [1.165, 1.54) is 4.31 Å². The van der Waals surface area contributed by atoms with Crippen molar-refractivity contribution in [3.63, 3.8) is 0 Å². The maximum Gasteiger partial charge on any atom is 0.279 e. The lowest BCUT2D eigenvalue weighted by atomic mass is 10.0. The van der Waals surface area contributed by atoms with E-state index in [9.17, 15) is 8.42 Å². The first-order valence-corrected chi connectivity index (χ1v) is 7.98. The molecule has 0 spiro atoms. The van der Waals surface area contributed by atoms with Gasteiger partial charge in [0.05, 0.1) is 0 Å². The molecule has 19 heavy (non-hydrogen) atoms. The Bertz CT molecular complexity index is 504. The van der Waals surface area contributed by atoms with Crippen LogP contribution in [0.25, 0.3) is 0 Å². The zero-order valence-corrected chi connectivity index (χ0v) is 12.2. The number of benzene rings is 1. The molecular formula is C13H21N3O2S. The molecule has 1 atom stereocenters. The van der Waals surface area contributed by atoms with E-state index in [1.807, 2.05) is 37.4 Å². The van der Waals surface area contributed by atoms with Gasteiger partial charge >= 0.3 is 0 Å². The molecule has 1 N–H and O–H groups in total. The van der Waals surface area contributed by atoms with Crippen molar-refractivity contribution in [1.82, 2.24) is 13.9 Å². The minimum atomic E-state index is -3.34. The molecule has 1 aromatic carbocycles. The van der Waals surface area contributed by atoms with E-state index in [1.54, 1.807) is 6.92 Å². The standard InChI is InChI=1S/C13H21N3O2S/c1-3-14-19(17,18)16-10-9-15(2)13(11-16)12-7-5-4-6-8-12/h4-8,13-14H,3,9-11H2,1-2H3. The van der Waals surface area contributed by atoms with Gasteiger partial charge in [0.25, 0.3) is 10.2 Å². The Hall–Kier alpha value is -0.950. The van der Waals surface area contributed by atoms with Crippen molar-refractivity contribution in [3.8, 4) is 0 Å². The fourth-order valence-electron chi connectivity index (χ4n) is 2.38. The van der Waals surface area contributed by atoms with Gasteiger partial charge in [-0.1, -0.05) is 37.3 Å². The molecule has 6 heteroatoms. The molecule has 0 bridgehead atoms. The van der Waals surface area contributed by atoms with Crippen LogP contribution >= 0.6 is 0 Å². The number of hydrogen-bond donors (Lipinski definition) is 1. The molecule has 1 unspecified atom stereocenters. The van der Waals surface area contributed by atoms with E-state index >= 15 is 0 Å². The highest BCUT2D eigenvalue weighted by molar-refractivity contribution is 7.87. The van der Waals surface area contributed by atoms with Gasteiger partial charge in [0.2, 0.25) is 0 Å². The number of piperazine rings is 1. The van der Waals surface area contributed by atoms with Crippen molar-refractivity contribution < 1.29 is 8.42 Å². The van der Waals surface area contributed by atoms with Crippen LogP contribution in [-0.4, -0.2) is 50.8 Å². The zero-order chi connectivity index (χ0) is 13.9. The Morgan fingerprint density at radius 2 is 1.95 bits per heavy atom. The number of nitrogens with zero attached hydrogens (tertiary/aromatic N) is 2. The molecule has 2 rings (SSSR count). The van der Waals surface area contributed by atoms with E-state index in [-0.39, 0.29) is 6.04 Å². The summed E-state index contributed by atoms with van der Waals surface area (Å²) in [7, 11) is -1.30. The third kappa shape index (κ3) is 3.33. The zero-order valence-electron chi connectivity index (χ0n) is 11.4. The summed E-state index contributed by atoms with van der Waals surface area (Å²) in [5.41, 5.74) is 1.15. The first kappa shape index (κ1) is 14.5. The van der Waals surface area contributed by atoms with E-state index in [2.05, 4.69) is 9.62 Å². The van der Waals surface area contributed by atoms with Crippen LogP contribution in [0.5, 0.6) is 0 Å². The van der Waals surface area contributed by atoms with Gasteiger partial charge in [-0.05, 0) is 12.6 Å². The topological polar surface area (TPSA) is 52.7 Å². The minimum absolute atomic E-state index is 0.114. The molecule has 0 saturated carbocycles. The molecule has 106 valence electrons. The lowest BCUT2D eigenvalue weighted by Crippen LogP contribution is -2.52. The molecule has 0 aliphatic carbocycles. The van der Waals surface area contributed by atoms with Crippen LogP contribution in [0.3, 0.4) is 0 Å². The van der Waals surface area contributed by atoms with E-state index in [0.717, 1.165) is 12.1 Å². The van der Waals surface area contributed by atoms with Crippen LogP contribution < -0.4 is 4.72 Å². The average molecular weight is 283 g/mol. The molecule has 1 aliphatic heterocycles. The fourth-order valence-corrected chi connectivity index (χ4v) is 3.58. The first-order chi connectivity index (χ1) is 9.04. The average Bonchev–Trinajstić information content (AvgIpc) is 2.40. The third-order valence-electron chi connectivity index (χ3n) is 3.46. The van der Waals surface area contributed by atoms with Gasteiger partial charge in [0, 0.05) is 32.2 Å². The second kappa shape index (κ2) is 6.00. The number of rotatable bonds is 4. The van der Waals surface area contributed by atoms with Crippen molar-refractivity contribution in [2.75, 3.05) is 33.2 Å². The second-order valence-electron chi connectivity index (χ2n) is 4.77. The number of nitrogens with one attached hydrogen (secondary N) is 1. The van der Waals surface area contributed by atoms with Crippen LogP contribution in [0.15, 0.2) is 30.3 Å². The highest BCUT2D eigenvalue weighted by Crippen LogP contribution is 2.24. The second-order valence-corrected chi connectivity index (χ2v) is 6.52. The summed E-state index contributed by atoms with van der Waals surface area (Å²) in [4.78, 5) is 2.20. The van der Waals surface area contributed by atoms with Crippen LogP contribution in [0.1, 0.15) is 18.5 Å². The third-order valence-corrected chi connectivity index (χ3v) is 5.13. The van der Waals surface area contributed by atoms with Gasteiger partial charge in [0.15, 0.2) is 0 Å². The summed E-state index contributed by atoms with van der Waals surface area (Å²) in [5, 5.41) is 0. The summed E-state index contributed by atoms with van der Waals surface area (Å²) in [6.45, 7) is 3.99. The van der Waals surface area contributed by atoms with Gasteiger partial charge in [-0.3, -0.25) is 4.90 Å². The predicted molar refractivity (Wildman–Crippen MR) is 76.0 cm³/mol. The molecule has 1 saturated heterocycles. The highest BCUT2D eigenvalue weighted by Gasteiger charge is 2.31. The Morgan fingerprint density at radius 1 is 1.26 bits per heavy atom. The molecule has 0 radical (unpaired) electrons. The molecule has 1 aliphatic rings. The largest absolute Gasteiger partial charge is 0.297 e. The van der Waals surface area contributed by atoms with Gasteiger partial charge in [-0.15, -0.1) is 0 Å². The monoisotopic (exact) mass is 283 g/mol. The Labute approximate surface area is 115 Å². The summed E-state index contributed by atoms with van der Waals surface area (Å²) in [6, 6.07) is 10.2. The Morgan fingerprint density at radius 3 is 2.58 bits per heavy atom. The number of likely N-dealkylation sites (N-methyl/N-ethyl adjacent to an activating group) is 1. The molecule has 1 fully saturated rings. The lowest BCUT2D eigenvalue weighted by Gasteiger charge is -2.38. The van der Waals surface area contributed by atoms with E-state index < -0.39 is 10.2 Å². The molecule has 1 aromatic rings. The number of hydrogen-bond acceptors (Lipinski definition) is 3. The quantitative estimate of drug-likeness (QED) is 0.890. The van der Waals surface area contributed by atoms with Crippen LogP contribution in [0, 0.1) is 0 Å². The predicted octanol–water partition coefficient (Wildman–Crippen LogP) is 0.829. The summed E-state index contributed by atoms with van der Waals surface area (Å²) in [6.07, 6.45) is 0. The van der Waals surface area contributed by atoms with Crippen LogP contribution in [0.2, 0.25) is 0 Å². The van der Waals surface area contributed by atoms with E-state index in [4.69, 9.17) is 0 Å². The van der Waals surface area contributed by atoms with Crippen molar-refractivity contribution >= 4 is 10.2 Å². The van der Waals surface area contributed by atoms with Gasteiger partial charge in [-0.25, -0.2) is 4.72 Å². The molecule has 1 heterocycles. The van der Waals surface area contributed by atoms with Crippen molar-refractivity contribution in [1.29, 1.82) is 0 Å². The van der Waals surface area contributed by atoms with Crippen molar-refractivity contribution in [2.45, 2.75) is 13.0 Å². The summed E-state index contributed by atoms with van der Waals surface area (Å²) < 4.78 is 28.2. The Kier molecular flexibility index (Phi) is 4.57. The van der Waals surface area contributed by atoms with Crippen molar-refractivity contribution in [2.24, 2.45) is 0 Å². The van der Waals surface area contributed by atoms with Crippen LogP contribution in [0.4, 0.5) is 0 Å². The normalized spacial score (nSPS) is 22.5.